The van der Waals surface area contributed by atoms with Crippen molar-refractivity contribution in [3.8, 4) is 0 Å². The molecular formula is C14H15ClN4OS2. The Morgan fingerprint density at radius 1 is 1.55 bits per heavy atom. The Morgan fingerprint density at radius 2 is 2.36 bits per heavy atom. The standard InChI is InChI=1S/C14H15ClN4OS2/c1-3-7-16-12(20)9(2)21-14-19-18-13(22-14)17-11-6-4-5-10(15)8-11/h3-6,8-9H,1,7H2,2H3,(H,16,20)(H,17,18)/t9-/m1/s1. The highest BCUT2D eigenvalue weighted by atomic mass is 35.5. The molecule has 2 N–H and O–H groups in total. The van der Waals surface area contributed by atoms with Crippen LogP contribution in [-0.4, -0.2) is 27.9 Å². The van der Waals surface area contributed by atoms with E-state index in [0.29, 0.717) is 16.7 Å². The monoisotopic (exact) mass is 354 g/mol. The van der Waals surface area contributed by atoms with E-state index in [4.69, 9.17) is 11.6 Å². The summed E-state index contributed by atoms with van der Waals surface area (Å²) < 4.78 is 0.728. The fourth-order valence-electron chi connectivity index (χ4n) is 1.52. The minimum absolute atomic E-state index is 0.0514. The maximum atomic E-state index is 11.8. The van der Waals surface area contributed by atoms with Crippen molar-refractivity contribution in [1.82, 2.24) is 15.5 Å². The third-order valence-electron chi connectivity index (χ3n) is 2.55. The molecule has 0 aliphatic rings. The molecule has 0 aliphatic carbocycles. The Kier molecular flexibility index (Phi) is 6.23. The van der Waals surface area contributed by atoms with Crippen molar-refractivity contribution in [1.29, 1.82) is 0 Å². The van der Waals surface area contributed by atoms with Gasteiger partial charge in [0.05, 0.1) is 5.25 Å². The SMILES string of the molecule is C=CCNC(=O)[C@@H](C)Sc1nnc(Nc2cccc(Cl)c2)s1. The summed E-state index contributed by atoms with van der Waals surface area (Å²) in [7, 11) is 0. The molecule has 0 fully saturated rings. The first kappa shape index (κ1) is 16.8. The number of benzene rings is 1. The predicted molar refractivity (Wildman–Crippen MR) is 93.2 cm³/mol. The van der Waals surface area contributed by atoms with Gasteiger partial charge in [0.1, 0.15) is 0 Å². The van der Waals surface area contributed by atoms with E-state index < -0.39 is 0 Å². The lowest BCUT2D eigenvalue weighted by molar-refractivity contribution is -0.120. The van der Waals surface area contributed by atoms with E-state index in [0.717, 1.165) is 10.0 Å². The minimum Gasteiger partial charge on any atom is -0.352 e. The summed E-state index contributed by atoms with van der Waals surface area (Å²) >= 11 is 8.69. The van der Waals surface area contributed by atoms with Crippen LogP contribution in [0.5, 0.6) is 0 Å². The van der Waals surface area contributed by atoms with Crippen LogP contribution in [0.4, 0.5) is 10.8 Å². The molecule has 1 aromatic heterocycles. The van der Waals surface area contributed by atoms with Gasteiger partial charge in [-0.15, -0.1) is 16.8 Å². The summed E-state index contributed by atoms with van der Waals surface area (Å²) in [5.74, 6) is -0.0514. The highest BCUT2D eigenvalue weighted by molar-refractivity contribution is 8.02. The fraction of sp³-hybridized carbons (Fsp3) is 0.214. The average Bonchev–Trinajstić information content (AvgIpc) is 2.91. The van der Waals surface area contributed by atoms with Crippen molar-refractivity contribution >= 4 is 51.4 Å². The number of thioether (sulfide) groups is 1. The molecule has 1 amide bonds. The molecule has 1 atom stereocenters. The van der Waals surface area contributed by atoms with E-state index >= 15 is 0 Å². The number of rotatable bonds is 7. The summed E-state index contributed by atoms with van der Waals surface area (Å²) in [6, 6.07) is 7.36. The van der Waals surface area contributed by atoms with Gasteiger partial charge in [-0.2, -0.15) is 0 Å². The van der Waals surface area contributed by atoms with E-state index in [9.17, 15) is 4.79 Å². The van der Waals surface area contributed by atoms with Crippen LogP contribution in [0.25, 0.3) is 0 Å². The maximum Gasteiger partial charge on any atom is 0.233 e. The number of hydrogen-bond acceptors (Lipinski definition) is 6. The Hall–Kier alpha value is -1.57. The third-order valence-corrected chi connectivity index (χ3v) is 4.81. The molecule has 22 heavy (non-hydrogen) atoms. The molecule has 0 unspecified atom stereocenters. The zero-order chi connectivity index (χ0) is 15.9. The molecule has 1 heterocycles. The molecular weight excluding hydrogens is 340 g/mol. The van der Waals surface area contributed by atoms with Gasteiger partial charge in [-0.3, -0.25) is 4.79 Å². The molecule has 0 bridgehead atoms. The van der Waals surface area contributed by atoms with Crippen LogP contribution in [-0.2, 0) is 4.79 Å². The predicted octanol–water partition coefficient (Wildman–Crippen LogP) is 3.72. The number of carbonyl (C=O) groups is 1. The second kappa shape index (κ2) is 8.17. The van der Waals surface area contributed by atoms with Gasteiger partial charge in [-0.05, 0) is 25.1 Å². The molecule has 2 rings (SSSR count). The smallest absolute Gasteiger partial charge is 0.233 e. The first-order chi connectivity index (χ1) is 10.6. The first-order valence-corrected chi connectivity index (χ1v) is 8.57. The summed E-state index contributed by atoms with van der Waals surface area (Å²) in [6.45, 7) is 5.85. The van der Waals surface area contributed by atoms with Crippen LogP contribution in [0.1, 0.15) is 6.92 Å². The maximum absolute atomic E-state index is 11.8. The van der Waals surface area contributed by atoms with Crippen LogP contribution in [0.3, 0.4) is 0 Å². The molecule has 0 radical (unpaired) electrons. The van der Waals surface area contributed by atoms with E-state index in [1.807, 2.05) is 19.1 Å². The highest BCUT2D eigenvalue weighted by Crippen LogP contribution is 2.30. The van der Waals surface area contributed by atoms with Crippen LogP contribution in [0.15, 0.2) is 41.3 Å². The van der Waals surface area contributed by atoms with Gasteiger partial charge in [0, 0.05) is 17.3 Å². The second-order valence-corrected chi connectivity index (χ2v) is 7.30. The van der Waals surface area contributed by atoms with Gasteiger partial charge in [0.15, 0.2) is 4.34 Å². The first-order valence-electron chi connectivity index (χ1n) is 6.50. The van der Waals surface area contributed by atoms with Crippen LogP contribution in [0.2, 0.25) is 5.02 Å². The average molecular weight is 355 g/mol. The normalized spacial score (nSPS) is 11.7. The molecule has 8 heteroatoms. The minimum atomic E-state index is -0.244. The summed E-state index contributed by atoms with van der Waals surface area (Å²) in [5.41, 5.74) is 0.844. The summed E-state index contributed by atoms with van der Waals surface area (Å²) in [4.78, 5) is 11.8. The zero-order valence-electron chi connectivity index (χ0n) is 11.9. The Bertz CT molecular complexity index is 662. The molecule has 1 aromatic carbocycles. The van der Waals surface area contributed by atoms with Gasteiger partial charge in [-0.1, -0.05) is 46.8 Å². The number of hydrogen-bond donors (Lipinski definition) is 2. The molecule has 5 nitrogen and oxygen atoms in total. The Balaban J connectivity index is 1.93. The van der Waals surface area contributed by atoms with Crippen LogP contribution >= 0.6 is 34.7 Å². The fourth-order valence-corrected chi connectivity index (χ4v) is 3.65. The second-order valence-electron chi connectivity index (χ2n) is 4.30. The van der Waals surface area contributed by atoms with Crippen molar-refractivity contribution in [2.24, 2.45) is 0 Å². The molecule has 2 aromatic rings. The summed E-state index contributed by atoms with van der Waals surface area (Å²) in [6.07, 6.45) is 1.65. The van der Waals surface area contributed by atoms with Crippen LogP contribution in [0, 0.1) is 0 Å². The van der Waals surface area contributed by atoms with E-state index in [1.165, 1.54) is 23.1 Å². The van der Waals surface area contributed by atoms with Crippen LogP contribution < -0.4 is 10.6 Å². The lowest BCUT2D eigenvalue weighted by Gasteiger charge is -2.08. The number of nitrogens with zero attached hydrogens (tertiary/aromatic N) is 2. The number of carbonyl (C=O) groups excluding carboxylic acids is 1. The van der Waals surface area contributed by atoms with Crippen molar-refractivity contribution in [2.45, 2.75) is 16.5 Å². The van der Waals surface area contributed by atoms with Gasteiger partial charge in [-0.25, -0.2) is 0 Å². The van der Waals surface area contributed by atoms with Crippen molar-refractivity contribution in [3.05, 3.63) is 41.9 Å². The van der Waals surface area contributed by atoms with Crippen molar-refractivity contribution < 1.29 is 4.79 Å². The molecule has 116 valence electrons. The van der Waals surface area contributed by atoms with Gasteiger partial charge in [0.2, 0.25) is 11.0 Å². The van der Waals surface area contributed by atoms with Gasteiger partial charge >= 0.3 is 0 Å². The number of anilines is 2. The van der Waals surface area contributed by atoms with Gasteiger partial charge in [0.25, 0.3) is 0 Å². The van der Waals surface area contributed by atoms with Crippen molar-refractivity contribution in [2.75, 3.05) is 11.9 Å². The van der Waals surface area contributed by atoms with Crippen molar-refractivity contribution in [3.63, 3.8) is 0 Å². The third kappa shape index (κ3) is 5.01. The Morgan fingerprint density at radius 3 is 3.09 bits per heavy atom. The topological polar surface area (TPSA) is 66.9 Å². The van der Waals surface area contributed by atoms with Gasteiger partial charge < -0.3 is 10.6 Å². The van der Waals surface area contributed by atoms with E-state index in [1.54, 1.807) is 18.2 Å². The highest BCUT2D eigenvalue weighted by Gasteiger charge is 2.16. The number of nitrogens with one attached hydrogen (secondary N) is 2. The lowest BCUT2D eigenvalue weighted by atomic mass is 10.3. The number of aromatic nitrogens is 2. The molecule has 0 aliphatic heterocycles. The zero-order valence-corrected chi connectivity index (χ0v) is 14.3. The molecule has 0 saturated heterocycles. The quantitative estimate of drug-likeness (QED) is 0.586. The largest absolute Gasteiger partial charge is 0.352 e. The summed E-state index contributed by atoms with van der Waals surface area (Å²) in [5, 5.41) is 15.1. The lowest BCUT2D eigenvalue weighted by Crippen LogP contribution is -2.30. The van der Waals surface area contributed by atoms with E-state index in [-0.39, 0.29) is 11.2 Å². The number of halogens is 1. The molecule has 0 spiro atoms. The number of amides is 1. The van der Waals surface area contributed by atoms with E-state index in [2.05, 4.69) is 27.4 Å². The molecule has 0 saturated carbocycles. The Labute approximate surface area is 142 Å².